The molecule has 0 spiro atoms. The molecule has 2 aliphatic rings. The van der Waals surface area contributed by atoms with E-state index in [1.807, 2.05) is 29.1 Å². The minimum atomic E-state index is -0.509. The highest BCUT2D eigenvalue weighted by molar-refractivity contribution is 5.84. The third-order valence-electron chi connectivity index (χ3n) is 6.67. The molecule has 156 valence electrons. The summed E-state index contributed by atoms with van der Waals surface area (Å²) >= 11 is 0. The number of amides is 1. The fraction of sp³-hybridized carbons (Fsp3) is 0.565. The van der Waals surface area contributed by atoms with Crippen molar-refractivity contribution in [2.75, 3.05) is 33.3 Å². The molecule has 1 amide bonds. The highest BCUT2D eigenvalue weighted by atomic mass is 16.5. The van der Waals surface area contributed by atoms with Crippen molar-refractivity contribution in [1.29, 1.82) is 0 Å². The smallest absolute Gasteiger partial charge is 0.250 e. The molecule has 1 N–H and O–H groups in total. The monoisotopic (exact) mass is 396 g/mol. The van der Waals surface area contributed by atoms with Crippen LogP contribution >= 0.6 is 0 Å². The molecular weight excluding hydrogens is 364 g/mol. The number of rotatable bonds is 6. The largest absolute Gasteiger partial charge is 0.497 e. The van der Waals surface area contributed by atoms with Gasteiger partial charge >= 0.3 is 0 Å². The summed E-state index contributed by atoms with van der Waals surface area (Å²) in [6.45, 7) is 3.46. The summed E-state index contributed by atoms with van der Waals surface area (Å²) in [7, 11) is 1.70. The number of ether oxygens (including phenoxy) is 1. The van der Waals surface area contributed by atoms with Crippen molar-refractivity contribution in [1.82, 2.24) is 20.0 Å². The second-order valence-electron chi connectivity index (χ2n) is 8.35. The third-order valence-corrected chi connectivity index (χ3v) is 6.67. The first kappa shape index (κ1) is 20.0. The number of aromatic nitrogens is 2. The minimum absolute atomic E-state index is 0.260. The van der Waals surface area contributed by atoms with Crippen LogP contribution in [0.4, 0.5) is 0 Å². The lowest BCUT2D eigenvalue weighted by Gasteiger charge is -2.42. The van der Waals surface area contributed by atoms with Crippen molar-refractivity contribution in [3.63, 3.8) is 0 Å². The van der Waals surface area contributed by atoms with E-state index < -0.39 is 5.54 Å². The molecule has 6 nitrogen and oxygen atoms in total. The molecule has 0 saturated carbocycles. The Morgan fingerprint density at radius 2 is 1.93 bits per heavy atom. The summed E-state index contributed by atoms with van der Waals surface area (Å²) in [4.78, 5) is 15.6. The van der Waals surface area contributed by atoms with Gasteiger partial charge in [0, 0.05) is 25.5 Å². The number of aryl methyl sites for hydroxylation is 1. The fourth-order valence-corrected chi connectivity index (χ4v) is 4.79. The molecule has 2 aromatic rings. The molecule has 6 heteroatoms. The molecule has 4 rings (SSSR count). The highest BCUT2D eigenvalue weighted by Crippen LogP contribution is 2.32. The minimum Gasteiger partial charge on any atom is -0.497 e. The van der Waals surface area contributed by atoms with E-state index >= 15 is 0 Å². The Kier molecular flexibility index (Phi) is 6.19. The number of hydrogen-bond acceptors (Lipinski definition) is 4. The van der Waals surface area contributed by atoms with Crippen LogP contribution < -0.4 is 10.1 Å². The van der Waals surface area contributed by atoms with Crippen LogP contribution in [0.15, 0.2) is 42.7 Å². The van der Waals surface area contributed by atoms with Crippen molar-refractivity contribution >= 4 is 5.91 Å². The molecule has 2 aliphatic heterocycles. The van der Waals surface area contributed by atoms with E-state index in [1.54, 1.807) is 13.3 Å². The van der Waals surface area contributed by atoms with Crippen molar-refractivity contribution < 1.29 is 9.53 Å². The van der Waals surface area contributed by atoms with Gasteiger partial charge < -0.3 is 15.0 Å². The standard InChI is InChI=1S/C23H32N4O2/c1-29-21-7-5-19(6-8-21)3-4-20-9-17-26(18-10-20)22(28)23(11-14-24-15-12-23)27-16-2-13-25-27/h2,5-8,13,16,20,24H,3-4,9-12,14-15,17-18H2,1H3. The highest BCUT2D eigenvalue weighted by Gasteiger charge is 2.44. The molecule has 2 saturated heterocycles. The maximum atomic E-state index is 13.5. The average Bonchev–Trinajstić information content (AvgIpc) is 3.34. The summed E-state index contributed by atoms with van der Waals surface area (Å²) in [6.07, 6.45) is 9.81. The van der Waals surface area contributed by atoms with Crippen molar-refractivity contribution in [3.8, 4) is 5.75 Å². The van der Waals surface area contributed by atoms with Gasteiger partial charge in [-0.15, -0.1) is 0 Å². The molecule has 1 aromatic carbocycles. The lowest BCUT2D eigenvalue weighted by molar-refractivity contribution is -0.144. The summed E-state index contributed by atoms with van der Waals surface area (Å²) in [5, 5.41) is 7.84. The maximum Gasteiger partial charge on any atom is 0.250 e. The molecule has 3 heterocycles. The number of benzene rings is 1. The number of nitrogens with zero attached hydrogens (tertiary/aromatic N) is 3. The third kappa shape index (κ3) is 4.32. The molecule has 0 aliphatic carbocycles. The molecule has 1 aromatic heterocycles. The van der Waals surface area contributed by atoms with E-state index in [-0.39, 0.29) is 5.91 Å². The Balaban J connectivity index is 1.33. The Hall–Kier alpha value is -2.34. The lowest BCUT2D eigenvalue weighted by Crippen LogP contribution is -2.57. The quantitative estimate of drug-likeness (QED) is 0.816. The van der Waals surface area contributed by atoms with E-state index in [0.29, 0.717) is 5.92 Å². The maximum absolute atomic E-state index is 13.5. The average molecular weight is 397 g/mol. The molecular formula is C23H32N4O2. The number of nitrogens with one attached hydrogen (secondary N) is 1. The topological polar surface area (TPSA) is 59.4 Å². The Bertz CT molecular complexity index is 774. The number of likely N-dealkylation sites (tertiary alicyclic amines) is 1. The first-order chi connectivity index (χ1) is 14.2. The van der Waals surface area contributed by atoms with Crippen LogP contribution in [0.5, 0.6) is 5.75 Å². The van der Waals surface area contributed by atoms with Gasteiger partial charge in [-0.1, -0.05) is 12.1 Å². The second-order valence-corrected chi connectivity index (χ2v) is 8.35. The van der Waals surface area contributed by atoms with Crippen LogP contribution in [0.2, 0.25) is 0 Å². The van der Waals surface area contributed by atoms with E-state index in [0.717, 1.165) is 64.0 Å². The van der Waals surface area contributed by atoms with Crippen LogP contribution in [0.25, 0.3) is 0 Å². The molecule has 2 fully saturated rings. The second kappa shape index (κ2) is 8.99. The summed E-state index contributed by atoms with van der Waals surface area (Å²) in [5.41, 5.74) is 0.849. The molecule has 0 atom stereocenters. The zero-order valence-electron chi connectivity index (χ0n) is 17.3. The first-order valence-corrected chi connectivity index (χ1v) is 10.8. The number of carbonyl (C=O) groups is 1. The Morgan fingerprint density at radius 1 is 1.21 bits per heavy atom. The van der Waals surface area contributed by atoms with Crippen LogP contribution in [0.3, 0.4) is 0 Å². The predicted octanol–water partition coefficient (Wildman–Crippen LogP) is 2.84. The van der Waals surface area contributed by atoms with Gasteiger partial charge in [0.05, 0.1) is 7.11 Å². The normalized spacial score (nSPS) is 19.8. The van der Waals surface area contributed by atoms with E-state index in [4.69, 9.17) is 4.74 Å². The summed E-state index contributed by atoms with van der Waals surface area (Å²) < 4.78 is 7.14. The van der Waals surface area contributed by atoms with Crippen LogP contribution in [-0.4, -0.2) is 53.9 Å². The summed E-state index contributed by atoms with van der Waals surface area (Å²) in [6, 6.07) is 10.3. The number of methoxy groups -OCH3 is 1. The van der Waals surface area contributed by atoms with Gasteiger partial charge in [-0.3, -0.25) is 9.48 Å². The van der Waals surface area contributed by atoms with Gasteiger partial charge in [0.15, 0.2) is 0 Å². The van der Waals surface area contributed by atoms with Crippen LogP contribution in [0.1, 0.15) is 37.7 Å². The van der Waals surface area contributed by atoms with E-state index in [1.165, 1.54) is 12.0 Å². The zero-order valence-corrected chi connectivity index (χ0v) is 17.3. The Morgan fingerprint density at radius 3 is 2.55 bits per heavy atom. The summed E-state index contributed by atoms with van der Waals surface area (Å²) in [5.74, 6) is 1.86. The van der Waals surface area contributed by atoms with Gasteiger partial charge in [0.2, 0.25) is 0 Å². The van der Waals surface area contributed by atoms with E-state index in [2.05, 4.69) is 27.4 Å². The van der Waals surface area contributed by atoms with Crippen molar-refractivity contribution in [2.24, 2.45) is 5.92 Å². The lowest BCUT2D eigenvalue weighted by atomic mass is 9.84. The zero-order chi connectivity index (χ0) is 20.1. The van der Waals surface area contributed by atoms with Crippen LogP contribution in [0, 0.1) is 5.92 Å². The SMILES string of the molecule is COc1ccc(CCC2CCN(C(=O)C3(n4cccn4)CCNCC3)CC2)cc1. The van der Waals surface area contributed by atoms with Crippen molar-refractivity contribution in [2.45, 2.75) is 44.1 Å². The van der Waals surface area contributed by atoms with Gasteiger partial charge in [-0.25, -0.2) is 0 Å². The van der Waals surface area contributed by atoms with Crippen molar-refractivity contribution in [3.05, 3.63) is 48.3 Å². The van der Waals surface area contributed by atoms with Gasteiger partial charge in [0.25, 0.3) is 5.91 Å². The number of hydrogen-bond donors (Lipinski definition) is 1. The predicted molar refractivity (Wildman–Crippen MR) is 113 cm³/mol. The first-order valence-electron chi connectivity index (χ1n) is 10.8. The van der Waals surface area contributed by atoms with Gasteiger partial charge in [0.1, 0.15) is 11.3 Å². The number of piperidine rings is 2. The molecule has 0 radical (unpaired) electrons. The molecule has 0 unspecified atom stereocenters. The molecule has 29 heavy (non-hydrogen) atoms. The Labute approximate surface area is 173 Å². The van der Waals surface area contributed by atoms with E-state index in [9.17, 15) is 4.79 Å². The van der Waals surface area contributed by atoms with Gasteiger partial charge in [-0.05, 0) is 81.3 Å². The van der Waals surface area contributed by atoms with Crippen LogP contribution in [-0.2, 0) is 16.8 Å². The van der Waals surface area contributed by atoms with Gasteiger partial charge in [-0.2, -0.15) is 5.10 Å². The fourth-order valence-electron chi connectivity index (χ4n) is 4.79. The number of carbonyl (C=O) groups excluding carboxylic acids is 1. The molecule has 0 bridgehead atoms.